The normalized spacial score (nSPS) is 10.2. The van der Waals surface area contributed by atoms with Gasteiger partial charge in [0.25, 0.3) is 5.91 Å². The molecule has 0 saturated carbocycles. The molecule has 0 unspecified atom stereocenters. The topological polar surface area (TPSA) is 41.1 Å². The monoisotopic (exact) mass is 268 g/mol. The van der Waals surface area contributed by atoms with Crippen LogP contribution in [0.25, 0.3) is 0 Å². The number of anilines is 2. The molecule has 2 aromatic carbocycles. The van der Waals surface area contributed by atoms with Crippen molar-refractivity contribution in [3.8, 4) is 0 Å². The highest BCUT2D eigenvalue weighted by Crippen LogP contribution is 2.17. The lowest BCUT2D eigenvalue weighted by Crippen LogP contribution is -2.13. The van der Waals surface area contributed by atoms with Crippen molar-refractivity contribution < 1.29 is 4.79 Å². The van der Waals surface area contributed by atoms with Gasteiger partial charge in [-0.2, -0.15) is 0 Å². The average Bonchev–Trinajstić information content (AvgIpc) is 2.42. The van der Waals surface area contributed by atoms with Crippen molar-refractivity contribution >= 4 is 17.3 Å². The smallest absolute Gasteiger partial charge is 0.255 e. The lowest BCUT2D eigenvalue weighted by Gasteiger charge is -2.10. The number of nitrogens with one attached hydrogen (secondary N) is 2. The highest BCUT2D eigenvalue weighted by molar-refractivity contribution is 6.05. The minimum atomic E-state index is -0.0746. The van der Waals surface area contributed by atoms with Crippen LogP contribution in [0, 0.1) is 13.8 Å². The molecule has 104 valence electrons. The van der Waals surface area contributed by atoms with Crippen LogP contribution in [0.3, 0.4) is 0 Å². The van der Waals surface area contributed by atoms with Crippen LogP contribution >= 0.6 is 0 Å². The van der Waals surface area contributed by atoms with Crippen LogP contribution in [0.1, 0.15) is 28.4 Å². The zero-order valence-electron chi connectivity index (χ0n) is 12.2. The van der Waals surface area contributed by atoms with Gasteiger partial charge in [0.2, 0.25) is 0 Å². The van der Waals surface area contributed by atoms with Crippen LogP contribution in [0.4, 0.5) is 11.4 Å². The number of hydrogen-bond acceptors (Lipinski definition) is 2. The number of hydrogen-bond donors (Lipinski definition) is 2. The zero-order valence-corrected chi connectivity index (χ0v) is 12.2. The van der Waals surface area contributed by atoms with Crippen molar-refractivity contribution in [2.45, 2.75) is 20.8 Å². The Kier molecular flexibility index (Phi) is 4.41. The fraction of sp³-hybridized carbons (Fsp3) is 0.235. The third kappa shape index (κ3) is 3.38. The maximum Gasteiger partial charge on any atom is 0.255 e. The molecule has 0 heterocycles. The number of benzene rings is 2. The minimum Gasteiger partial charge on any atom is -0.385 e. The van der Waals surface area contributed by atoms with Crippen molar-refractivity contribution in [2.75, 3.05) is 17.2 Å². The molecule has 3 heteroatoms. The quantitative estimate of drug-likeness (QED) is 0.880. The molecular weight excluding hydrogens is 248 g/mol. The maximum absolute atomic E-state index is 12.3. The van der Waals surface area contributed by atoms with Gasteiger partial charge in [0.05, 0.1) is 0 Å². The Bertz CT molecular complexity index is 603. The molecule has 2 aromatic rings. The third-order valence-electron chi connectivity index (χ3n) is 3.16. The predicted molar refractivity (Wildman–Crippen MR) is 84.5 cm³/mol. The number of rotatable bonds is 4. The van der Waals surface area contributed by atoms with E-state index in [1.165, 1.54) is 5.56 Å². The fourth-order valence-electron chi connectivity index (χ4n) is 2.07. The Morgan fingerprint density at radius 2 is 1.65 bits per heavy atom. The molecule has 0 radical (unpaired) electrons. The summed E-state index contributed by atoms with van der Waals surface area (Å²) < 4.78 is 0. The van der Waals surface area contributed by atoms with E-state index in [4.69, 9.17) is 0 Å². The van der Waals surface area contributed by atoms with Crippen LogP contribution in [-0.4, -0.2) is 12.5 Å². The first-order chi connectivity index (χ1) is 9.60. The molecule has 3 nitrogen and oxygen atoms in total. The molecule has 0 aromatic heterocycles. The second kappa shape index (κ2) is 6.24. The minimum absolute atomic E-state index is 0.0746. The predicted octanol–water partition coefficient (Wildman–Crippen LogP) is 3.99. The molecule has 0 atom stereocenters. The Morgan fingerprint density at radius 1 is 1.00 bits per heavy atom. The highest BCUT2D eigenvalue weighted by atomic mass is 16.1. The van der Waals surface area contributed by atoms with Gasteiger partial charge in [0.15, 0.2) is 0 Å². The van der Waals surface area contributed by atoms with Crippen LogP contribution in [0.15, 0.2) is 42.5 Å². The first-order valence-electron chi connectivity index (χ1n) is 6.82. The van der Waals surface area contributed by atoms with Crippen LogP contribution in [0.2, 0.25) is 0 Å². The summed E-state index contributed by atoms with van der Waals surface area (Å²) in [4.78, 5) is 12.3. The summed E-state index contributed by atoms with van der Waals surface area (Å²) in [5.74, 6) is -0.0746. The summed E-state index contributed by atoms with van der Waals surface area (Å²) in [7, 11) is 0. The highest BCUT2D eigenvalue weighted by Gasteiger charge is 2.09. The van der Waals surface area contributed by atoms with E-state index in [-0.39, 0.29) is 5.91 Å². The van der Waals surface area contributed by atoms with Gasteiger partial charge in [0, 0.05) is 23.5 Å². The van der Waals surface area contributed by atoms with E-state index in [1.807, 2.05) is 63.2 Å². The van der Waals surface area contributed by atoms with E-state index in [0.717, 1.165) is 23.5 Å². The van der Waals surface area contributed by atoms with Crippen molar-refractivity contribution in [1.82, 2.24) is 0 Å². The molecule has 2 N–H and O–H groups in total. The molecule has 0 spiro atoms. The van der Waals surface area contributed by atoms with Crippen molar-refractivity contribution in [3.05, 3.63) is 59.2 Å². The van der Waals surface area contributed by atoms with Crippen molar-refractivity contribution in [3.63, 3.8) is 0 Å². The van der Waals surface area contributed by atoms with Gasteiger partial charge in [-0.1, -0.05) is 17.7 Å². The summed E-state index contributed by atoms with van der Waals surface area (Å²) in [6.45, 7) is 6.89. The van der Waals surface area contributed by atoms with Gasteiger partial charge < -0.3 is 10.6 Å². The molecule has 0 saturated heterocycles. The third-order valence-corrected chi connectivity index (χ3v) is 3.16. The lowest BCUT2D eigenvalue weighted by molar-refractivity contribution is 0.102. The molecule has 2 rings (SSSR count). The second-order valence-corrected chi connectivity index (χ2v) is 4.88. The summed E-state index contributed by atoms with van der Waals surface area (Å²) in [5.41, 5.74) is 4.70. The number of aryl methyl sites for hydroxylation is 2. The van der Waals surface area contributed by atoms with E-state index in [1.54, 1.807) is 0 Å². The molecule has 1 amide bonds. The van der Waals surface area contributed by atoms with Crippen LogP contribution in [0.5, 0.6) is 0 Å². The Labute approximate surface area is 120 Å². The Balaban J connectivity index is 2.14. The van der Waals surface area contributed by atoms with E-state index in [0.29, 0.717) is 5.56 Å². The van der Waals surface area contributed by atoms with E-state index < -0.39 is 0 Å². The Morgan fingerprint density at radius 3 is 2.25 bits per heavy atom. The molecule has 0 aliphatic rings. The van der Waals surface area contributed by atoms with Gasteiger partial charge in [-0.25, -0.2) is 0 Å². The largest absolute Gasteiger partial charge is 0.385 e. The summed E-state index contributed by atoms with van der Waals surface area (Å²) in [6, 6.07) is 13.6. The first-order valence-corrected chi connectivity index (χ1v) is 6.82. The summed E-state index contributed by atoms with van der Waals surface area (Å²) in [6.07, 6.45) is 0. The molecule has 0 aliphatic carbocycles. The van der Waals surface area contributed by atoms with Gasteiger partial charge in [0.1, 0.15) is 0 Å². The maximum atomic E-state index is 12.3. The fourth-order valence-corrected chi connectivity index (χ4v) is 2.07. The zero-order chi connectivity index (χ0) is 14.5. The van der Waals surface area contributed by atoms with Crippen LogP contribution < -0.4 is 10.6 Å². The van der Waals surface area contributed by atoms with Crippen molar-refractivity contribution in [1.29, 1.82) is 0 Å². The lowest BCUT2D eigenvalue weighted by atomic mass is 10.1. The second-order valence-electron chi connectivity index (χ2n) is 4.88. The van der Waals surface area contributed by atoms with E-state index >= 15 is 0 Å². The molecule has 20 heavy (non-hydrogen) atoms. The number of carbonyl (C=O) groups is 1. The van der Waals surface area contributed by atoms with E-state index in [9.17, 15) is 4.79 Å². The van der Waals surface area contributed by atoms with Crippen molar-refractivity contribution in [2.24, 2.45) is 0 Å². The molecular formula is C17H20N2O. The summed E-state index contributed by atoms with van der Waals surface area (Å²) >= 11 is 0. The molecule has 0 bridgehead atoms. The van der Waals surface area contributed by atoms with E-state index in [2.05, 4.69) is 10.6 Å². The SMILES string of the molecule is CCNc1ccc(C(=O)Nc2ccc(C)cc2)c(C)c1. The number of amides is 1. The average molecular weight is 268 g/mol. The molecule has 0 fully saturated rings. The standard InChI is InChI=1S/C17H20N2O/c1-4-18-15-9-10-16(13(3)11-15)17(20)19-14-7-5-12(2)6-8-14/h5-11,18H,4H2,1-3H3,(H,19,20). The summed E-state index contributed by atoms with van der Waals surface area (Å²) in [5, 5.41) is 6.16. The number of carbonyl (C=O) groups excluding carboxylic acids is 1. The Hall–Kier alpha value is -2.29. The van der Waals surface area contributed by atoms with Crippen LogP contribution in [-0.2, 0) is 0 Å². The van der Waals surface area contributed by atoms with Gasteiger partial charge in [-0.3, -0.25) is 4.79 Å². The first kappa shape index (κ1) is 14.1. The van der Waals surface area contributed by atoms with Gasteiger partial charge in [-0.15, -0.1) is 0 Å². The van der Waals surface area contributed by atoms with Gasteiger partial charge in [-0.05, 0) is 56.7 Å². The molecule has 0 aliphatic heterocycles. The van der Waals surface area contributed by atoms with Gasteiger partial charge >= 0.3 is 0 Å².